The number of thiazole rings is 1. The van der Waals surface area contributed by atoms with Crippen LogP contribution in [0, 0.1) is 0 Å². The van der Waals surface area contributed by atoms with E-state index in [-0.39, 0.29) is 17.1 Å². The second kappa shape index (κ2) is 11.0. The zero-order valence-corrected chi connectivity index (χ0v) is 19.3. The molecule has 2 aromatic carbocycles. The van der Waals surface area contributed by atoms with Crippen LogP contribution in [0.1, 0.15) is 26.7 Å². The predicted octanol–water partition coefficient (Wildman–Crippen LogP) is 5.68. The highest BCUT2D eigenvalue weighted by atomic mass is 32.2. The topological polar surface area (TPSA) is 80.3 Å². The number of aromatic nitrogens is 1. The molecule has 2 amide bonds. The van der Waals surface area contributed by atoms with Crippen LogP contribution in [0.4, 0.5) is 10.8 Å². The number of rotatable bonds is 9. The quantitative estimate of drug-likeness (QED) is 0.406. The van der Waals surface area contributed by atoms with Gasteiger partial charge < -0.3 is 15.4 Å². The first kappa shape index (κ1) is 22.8. The molecule has 0 aliphatic carbocycles. The zero-order chi connectivity index (χ0) is 22.2. The Hall–Kier alpha value is -2.84. The van der Waals surface area contributed by atoms with Crippen LogP contribution < -0.4 is 15.4 Å². The number of nitrogens with one attached hydrogen (secondary N) is 2. The Morgan fingerprint density at radius 2 is 1.87 bits per heavy atom. The fourth-order valence-corrected chi connectivity index (χ4v) is 4.42. The Morgan fingerprint density at radius 1 is 1.13 bits per heavy atom. The standard InChI is InChI=1S/C23H25N3O3S2/c1-4-7-21(27)24-16-10-12-17(13-11-16)31-15(2)22(28)26-23-25-19(14-30-23)18-8-5-6-9-20(18)29-3/h5-6,8-15H,4,7H2,1-3H3,(H,24,27)(H,25,26,28). The summed E-state index contributed by atoms with van der Waals surface area (Å²) in [7, 11) is 1.62. The summed E-state index contributed by atoms with van der Waals surface area (Å²) in [5.74, 6) is 0.627. The Kier molecular flexibility index (Phi) is 8.08. The summed E-state index contributed by atoms with van der Waals surface area (Å²) >= 11 is 2.83. The third-order valence-corrected chi connectivity index (χ3v) is 6.28. The van der Waals surface area contributed by atoms with E-state index in [0.717, 1.165) is 34.0 Å². The van der Waals surface area contributed by atoms with Crippen molar-refractivity contribution in [1.82, 2.24) is 4.98 Å². The average Bonchev–Trinajstić information content (AvgIpc) is 3.23. The van der Waals surface area contributed by atoms with Gasteiger partial charge in [-0.1, -0.05) is 19.1 Å². The first-order chi connectivity index (χ1) is 15.0. The largest absolute Gasteiger partial charge is 0.496 e. The number of hydrogen-bond acceptors (Lipinski definition) is 6. The lowest BCUT2D eigenvalue weighted by molar-refractivity contribution is -0.116. The number of methoxy groups -OCH3 is 1. The summed E-state index contributed by atoms with van der Waals surface area (Å²) < 4.78 is 5.39. The number of benzene rings is 2. The van der Waals surface area contributed by atoms with Crippen molar-refractivity contribution in [3.05, 3.63) is 53.9 Å². The maximum Gasteiger partial charge on any atom is 0.239 e. The van der Waals surface area contributed by atoms with Gasteiger partial charge in [-0.15, -0.1) is 23.1 Å². The molecule has 2 N–H and O–H groups in total. The molecule has 162 valence electrons. The molecule has 0 bridgehead atoms. The van der Waals surface area contributed by atoms with Crippen molar-refractivity contribution >= 4 is 45.7 Å². The third kappa shape index (κ3) is 6.32. The summed E-state index contributed by atoms with van der Waals surface area (Å²) in [5.41, 5.74) is 2.40. The van der Waals surface area contributed by atoms with Gasteiger partial charge >= 0.3 is 0 Å². The summed E-state index contributed by atoms with van der Waals surface area (Å²) in [6, 6.07) is 15.1. The molecule has 0 saturated heterocycles. The van der Waals surface area contributed by atoms with Gasteiger partial charge in [-0.25, -0.2) is 4.98 Å². The van der Waals surface area contributed by atoms with Crippen LogP contribution in [0.5, 0.6) is 5.75 Å². The number of hydrogen-bond donors (Lipinski definition) is 2. The highest BCUT2D eigenvalue weighted by molar-refractivity contribution is 8.00. The molecule has 3 aromatic rings. The number of para-hydroxylation sites is 1. The van der Waals surface area contributed by atoms with E-state index in [1.807, 2.05) is 67.8 Å². The first-order valence-corrected chi connectivity index (χ1v) is 11.7. The van der Waals surface area contributed by atoms with Crippen molar-refractivity contribution in [1.29, 1.82) is 0 Å². The lowest BCUT2D eigenvalue weighted by Crippen LogP contribution is -2.22. The highest BCUT2D eigenvalue weighted by Gasteiger charge is 2.17. The van der Waals surface area contributed by atoms with Gasteiger partial charge in [0.1, 0.15) is 5.75 Å². The van der Waals surface area contributed by atoms with Gasteiger partial charge in [0.2, 0.25) is 11.8 Å². The summed E-state index contributed by atoms with van der Waals surface area (Å²) in [4.78, 5) is 29.8. The monoisotopic (exact) mass is 455 g/mol. The summed E-state index contributed by atoms with van der Waals surface area (Å²) in [6.07, 6.45) is 1.31. The van der Waals surface area contributed by atoms with Crippen molar-refractivity contribution in [3.8, 4) is 17.0 Å². The van der Waals surface area contributed by atoms with Crippen molar-refractivity contribution in [2.24, 2.45) is 0 Å². The third-order valence-electron chi connectivity index (χ3n) is 4.41. The minimum Gasteiger partial charge on any atom is -0.496 e. The van der Waals surface area contributed by atoms with Crippen molar-refractivity contribution in [3.63, 3.8) is 0 Å². The van der Waals surface area contributed by atoms with E-state index in [9.17, 15) is 9.59 Å². The number of amides is 2. The van der Waals surface area contributed by atoms with Crippen LogP contribution in [0.3, 0.4) is 0 Å². The smallest absolute Gasteiger partial charge is 0.239 e. The Labute approximate surface area is 190 Å². The number of ether oxygens (including phenoxy) is 1. The van der Waals surface area contributed by atoms with Crippen LogP contribution >= 0.6 is 23.1 Å². The molecular weight excluding hydrogens is 430 g/mol. The molecule has 6 nitrogen and oxygen atoms in total. The molecule has 0 aliphatic heterocycles. The van der Waals surface area contributed by atoms with Crippen LogP contribution in [0.15, 0.2) is 58.8 Å². The summed E-state index contributed by atoms with van der Waals surface area (Å²) in [5, 5.41) is 7.89. The van der Waals surface area contributed by atoms with Gasteiger partial charge in [0.05, 0.1) is 18.1 Å². The molecule has 0 radical (unpaired) electrons. The van der Waals surface area contributed by atoms with Crippen LogP contribution in [-0.2, 0) is 9.59 Å². The van der Waals surface area contributed by atoms with E-state index in [1.165, 1.54) is 23.1 Å². The molecular formula is C23H25N3O3S2. The molecule has 3 rings (SSSR count). The van der Waals surface area contributed by atoms with Gasteiger partial charge in [0.15, 0.2) is 5.13 Å². The first-order valence-electron chi connectivity index (χ1n) is 9.96. The van der Waals surface area contributed by atoms with Gasteiger partial charge in [0, 0.05) is 27.9 Å². The molecule has 31 heavy (non-hydrogen) atoms. The second-order valence-electron chi connectivity index (χ2n) is 6.81. The predicted molar refractivity (Wildman–Crippen MR) is 128 cm³/mol. The van der Waals surface area contributed by atoms with E-state index in [1.54, 1.807) is 7.11 Å². The Bertz CT molecular complexity index is 1030. The lowest BCUT2D eigenvalue weighted by atomic mass is 10.1. The molecule has 0 aliphatic rings. The minimum absolute atomic E-state index is 0.00610. The van der Waals surface area contributed by atoms with Crippen LogP contribution in [0.25, 0.3) is 11.3 Å². The minimum atomic E-state index is -0.306. The summed E-state index contributed by atoms with van der Waals surface area (Å²) in [6.45, 7) is 3.82. The van der Waals surface area contributed by atoms with Gasteiger partial charge in [0.25, 0.3) is 0 Å². The van der Waals surface area contributed by atoms with E-state index >= 15 is 0 Å². The number of nitrogens with zero attached hydrogens (tertiary/aromatic N) is 1. The van der Waals surface area contributed by atoms with Gasteiger partial charge in [-0.3, -0.25) is 9.59 Å². The van der Waals surface area contributed by atoms with Crippen LogP contribution in [-0.4, -0.2) is 29.2 Å². The second-order valence-corrected chi connectivity index (χ2v) is 9.08. The average molecular weight is 456 g/mol. The molecule has 0 fully saturated rings. The van der Waals surface area contributed by atoms with E-state index in [4.69, 9.17) is 4.74 Å². The van der Waals surface area contributed by atoms with Crippen molar-refractivity contribution in [2.75, 3.05) is 17.7 Å². The van der Waals surface area contributed by atoms with Crippen LogP contribution in [0.2, 0.25) is 0 Å². The van der Waals surface area contributed by atoms with Crippen molar-refractivity contribution in [2.45, 2.75) is 36.8 Å². The number of carbonyl (C=O) groups is 2. The van der Waals surface area contributed by atoms with Gasteiger partial charge in [-0.05, 0) is 49.7 Å². The van der Waals surface area contributed by atoms with Gasteiger partial charge in [-0.2, -0.15) is 0 Å². The Balaban J connectivity index is 1.57. The molecule has 0 saturated carbocycles. The number of thioether (sulfide) groups is 1. The normalized spacial score (nSPS) is 11.6. The maximum absolute atomic E-state index is 12.6. The number of carbonyl (C=O) groups excluding carboxylic acids is 2. The maximum atomic E-state index is 12.6. The van der Waals surface area contributed by atoms with Crippen molar-refractivity contribution < 1.29 is 14.3 Å². The fourth-order valence-electron chi connectivity index (χ4n) is 2.84. The van der Waals surface area contributed by atoms with E-state index in [2.05, 4.69) is 15.6 Å². The molecule has 1 aromatic heterocycles. The highest BCUT2D eigenvalue weighted by Crippen LogP contribution is 2.32. The molecule has 1 heterocycles. The van der Waals surface area contributed by atoms with E-state index < -0.39 is 0 Å². The molecule has 8 heteroatoms. The SMILES string of the molecule is CCCC(=O)Nc1ccc(SC(C)C(=O)Nc2nc(-c3ccccc3OC)cs2)cc1. The number of anilines is 2. The zero-order valence-electron chi connectivity index (χ0n) is 17.7. The fraction of sp³-hybridized carbons (Fsp3) is 0.261. The Morgan fingerprint density at radius 3 is 2.58 bits per heavy atom. The van der Waals surface area contributed by atoms with E-state index in [0.29, 0.717) is 11.6 Å². The lowest BCUT2D eigenvalue weighted by Gasteiger charge is -2.11. The molecule has 0 spiro atoms. The molecule has 1 unspecified atom stereocenters. The molecule has 1 atom stereocenters.